The Labute approximate surface area is 142 Å². The number of nitrogens with zero attached hydrogens (tertiary/aromatic N) is 1. The maximum absolute atomic E-state index is 13.3. The SMILES string of the molecule is C/C(=N\NC(=O)c1cc2ccccc2cc1O)c1ccc(F)c(F)c1. The van der Waals surface area contributed by atoms with E-state index in [1.807, 2.05) is 24.3 Å². The highest BCUT2D eigenvalue weighted by Gasteiger charge is 2.12. The van der Waals surface area contributed by atoms with Crippen molar-refractivity contribution in [2.45, 2.75) is 6.92 Å². The lowest BCUT2D eigenvalue weighted by molar-refractivity contribution is 0.0952. The molecule has 0 saturated heterocycles. The van der Waals surface area contributed by atoms with Gasteiger partial charge in [-0.15, -0.1) is 0 Å². The molecule has 0 aliphatic heterocycles. The standard InChI is InChI=1S/C19H14F2N2O2/c1-11(12-6-7-16(20)17(21)9-12)22-23-19(25)15-8-13-4-2-3-5-14(13)10-18(15)24/h2-10,24H,1H3,(H,23,25)/b22-11+. The van der Waals surface area contributed by atoms with Gasteiger partial charge in [0.2, 0.25) is 0 Å². The van der Waals surface area contributed by atoms with E-state index < -0.39 is 17.5 Å². The van der Waals surface area contributed by atoms with Crippen LogP contribution in [0.4, 0.5) is 8.78 Å². The summed E-state index contributed by atoms with van der Waals surface area (Å²) in [7, 11) is 0. The lowest BCUT2D eigenvalue weighted by Gasteiger charge is -2.07. The van der Waals surface area contributed by atoms with E-state index >= 15 is 0 Å². The smallest absolute Gasteiger partial charge is 0.275 e. The van der Waals surface area contributed by atoms with E-state index in [1.165, 1.54) is 12.1 Å². The van der Waals surface area contributed by atoms with Gasteiger partial charge in [-0.1, -0.05) is 24.3 Å². The first-order valence-corrected chi connectivity index (χ1v) is 7.47. The summed E-state index contributed by atoms with van der Waals surface area (Å²) in [6.07, 6.45) is 0. The summed E-state index contributed by atoms with van der Waals surface area (Å²) in [6.45, 7) is 1.55. The number of hydrogen-bond acceptors (Lipinski definition) is 3. The maximum atomic E-state index is 13.3. The molecule has 3 aromatic carbocycles. The molecule has 0 saturated carbocycles. The first kappa shape index (κ1) is 16.6. The molecule has 2 N–H and O–H groups in total. The van der Waals surface area contributed by atoms with E-state index in [9.17, 15) is 18.7 Å². The number of nitrogens with one attached hydrogen (secondary N) is 1. The van der Waals surface area contributed by atoms with Crippen molar-refractivity contribution in [3.63, 3.8) is 0 Å². The highest BCUT2D eigenvalue weighted by Crippen LogP contribution is 2.24. The summed E-state index contributed by atoms with van der Waals surface area (Å²) in [5, 5.41) is 15.5. The number of carbonyl (C=O) groups is 1. The Balaban J connectivity index is 1.84. The Bertz CT molecular complexity index is 1000. The third kappa shape index (κ3) is 3.47. The van der Waals surface area contributed by atoms with Gasteiger partial charge in [-0.05, 0) is 48.0 Å². The Morgan fingerprint density at radius 2 is 1.68 bits per heavy atom. The molecule has 0 radical (unpaired) electrons. The molecule has 3 rings (SSSR count). The number of phenolic OH excluding ortho intramolecular Hbond substituents is 1. The molecule has 0 aromatic heterocycles. The van der Waals surface area contributed by atoms with Crippen molar-refractivity contribution < 1.29 is 18.7 Å². The fourth-order valence-corrected chi connectivity index (χ4v) is 2.39. The minimum absolute atomic E-state index is 0.0699. The number of hydrogen-bond donors (Lipinski definition) is 2. The molecule has 0 spiro atoms. The van der Waals surface area contributed by atoms with E-state index in [0.29, 0.717) is 11.3 Å². The molecule has 0 fully saturated rings. The number of fused-ring (bicyclic) bond motifs is 1. The number of phenols is 1. The molecule has 0 atom stereocenters. The van der Waals surface area contributed by atoms with E-state index in [0.717, 1.165) is 22.9 Å². The molecular formula is C19H14F2N2O2. The van der Waals surface area contributed by atoms with Gasteiger partial charge in [0.1, 0.15) is 5.75 Å². The number of halogens is 2. The summed E-state index contributed by atoms with van der Waals surface area (Å²) in [6, 6.07) is 13.7. The molecule has 0 aliphatic rings. The van der Waals surface area contributed by atoms with Crippen LogP contribution >= 0.6 is 0 Å². The Hall–Kier alpha value is -3.28. The molecule has 6 heteroatoms. The molecule has 0 aliphatic carbocycles. The van der Waals surface area contributed by atoms with Gasteiger partial charge in [0, 0.05) is 5.56 Å². The molecule has 1 amide bonds. The summed E-state index contributed by atoms with van der Waals surface area (Å²) < 4.78 is 26.2. The minimum Gasteiger partial charge on any atom is -0.507 e. The second-order valence-corrected chi connectivity index (χ2v) is 5.48. The van der Waals surface area contributed by atoms with Gasteiger partial charge in [-0.2, -0.15) is 5.10 Å². The van der Waals surface area contributed by atoms with Crippen LogP contribution in [0.15, 0.2) is 59.7 Å². The Kier molecular flexibility index (Phi) is 4.43. The maximum Gasteiger partial charge on any atom is 0.275 e. The monoisotopic (exact) mass is 340 g/mol. The van der Waals surface area contributed by atoms with Crippen LogP contribution in [0.25, 0.3) is 10.8 Å². The number of carbonyl (C=O) groups excluding carboxylic acids is 1. The van der Waals surface area contributed by atoms with Crippen molar-refractivity contribution in [1.29, 1.82) is 0 Å². The highest BCUT2D eigenvalue weighted by molar-refractivity contribution is 6.03. The van der Waals surface area contributed by atoms with Gasteiger partial charge >= 0.3 is 0 Å². The van der Waals surface area contributed by atoms with E-state index in [-0.39, 0.29) is 11.3 Å². The van der Waals surface area contributed by atoms with Crippen molar-refractivity contribution in [3.05, 3.63) is 77.4 Å². The fraction of sp³-hybridized carbons (Fsp3) is 0.0526. The van der Waals surface area contributed by atoms with Crippen LogP contribution in [0.1, 0.15) is 22.8 Å². The van der Waals surface area contributed by atoms with Gasteiger partial charge in [-0.3, -0.25) is 4.79 Å². The summed E-state index contributed by atoms with van der Waals surface area (Å²) in [5.41, 5.74) is 3.01. The topological polar surface area (TPSA) is 61.7 Å². The third-order valence-corrected chi connectivity index (χ3v) is 3.77. The molecule has 4 nitrogen and oxygen atoms in total. The van der Waals surface area contributed by atoms with Crippen LogP contribution in [-0.2, 0) is 0 Å². The van der Waals surface area contributed by atoms with E-state index in [1.54, 1.807) is 13.0 Å². The molecular weight excluding hydrogens is 326 g/mol. The number of benzene rings is 3. The van der Waals surface area contributed by atoms with Crippen molar-refractivity contribution in [3.8, 4) is 5.75 Å². The quantitative estimate of drug-likeness (QED) is 0.560. The normalized spacial score (nSPS) is 11.6. The van der Waals surface area contributed by atoms with E-state index in [2.05, 4.69) is 10.5 Å². The third-order valence-electron chi connectivity index (χ3n) is 3.77. The number of hydrazone groups is 1. The predicted octanol–water partition coefficient (Wildman–Crippen LogP) is 3.98. The number of amides is 1. The minimum atomic E-state index is -0.995. The van der Waals surface area contributed by atoms with Crippen LogP contribution in [0.2, 0.25) is 0 Å². The molecule has 126 valence electrons. The van der Waals surface area contributed by atoms with Gasteiger partial charge in [-0.25, -0.2) is 14.2 Å². The Morgan fingerprint density at radius 1 is 1.00 bits per heavy atom. The molecule has 0 unspecified atom stereocenters. The van der Waals surface area contributed by atoms with Gasteiger partial charge < -0.3 is 5.11 Å². The van der Waals surface area contributed by atoms with Crippen LogP contribution in [0.3, 0.4) is 0 Å². The number of rotatable bonds is 3. The molecule has 0 bridgehead atoms. The zero-order valence-electron chi connectivity index (χ0n) is 13.3. The van der Waals surface area contributed by atoms with Gasteiger partial charge in [0.05, 0.1) is 11.3 Å². The highest BCUT2D eigenvalue weighted by atomic mass is 19.2. The molecule has 0 heterocycles. The van der Waals surface area contributed by atoms with Crippen LogP contribution < -0.4 is 5.43 Å². The summed E-state index contributed by atoms with van der Waals surface area (Å²) in [5.74, 6) is -2.73. The fourth-order valence-electron chi connectivity index (χ4n) is 2.39. The van der Waals surface area contributed by atoms with Gasteiger partial charge in [0.15, 0.2) is 11.6 Å². The largest absolute Gasteiger partial charge is 0.507 e. The average Bonchev–Trinajstić information content (AvgIpc) is 2.61. The predicted molar refractivity (Wildman–Crippen MR) is 91.6 cm³/mol. The number of aromatic hydroxyl groups is 1. The first-order chi connectivity index (χ1) is 12.0. The first-order valence-electron chi connectivity index (χ1n) is 7.47. The van der Waals surface area contributed by atoms with Crippen LogP contribution in [0, 0.1) is 11.6 Å². The Morgan fingerprint density at radius 3 is 2.36 bits per heavy atom. The average molecular weight is 340 g/mol. The molecule has 25 heavy (non-hydrogen) atoms. The lowest BCUT2D eigenvalue weighted by atomic mass is 10.1. The zero-order chi connectivity index (χ0) is 18.0. The van der Waals surface area contributed by atoms with Gasteiger partial charge in [0.25, 0.3) is 5.91 Å². The second-order valence-electron chi connectivity index (χ2n) is 5.48. The summed E-state index contributed by atoms with van der Waals surface area (Å²) in [4.78, 5) is 12.3. The van der Waals surface area contributed by atoms with E-state index in [4.69, 9.17) is 0 Å². The molecule has 3 aromatic rings. The van der Waals surface area contributed by atoms with Crippen LogP contribution in [-0.4, -0.2) is 16.7 Å². The van der Waals surface area contributed by atoms with Crippen molar-refractivity contribution >= 4 is 22.4 Å². The van der Waals surface area contributed by atoms with Crippen LogP contribution in [0.5, 0.6) is 5.75 Å². The second kappa shape index (κ2) is 6.68. The van der Waals surface area contributed by atoms with Crippen molar-refractivity contribution in [1.82, 2.24) is 5.43 Å². The van der Waals surface area contributed by atoms with Crippen molar-refractivity contribution in [2.24, 2.45) is 5.10 Å². The van der Waals surface area contributed by atoms with Crippen molar-refractivity contribution in [2.75, 3.05) is 0 Å². The zero-order valence-corrected chi connectivity index (χ0v) is 13.3. The summed E-state index contributed by atoms with van der Waals surface area (Å²) >= 11 is 0. The lowest BCUT2D eigenvalue weighted by Crippen LogP contribution is -2.19.